The number of hydrogen-bond acceptors (Lipinski definition) is 5. The first kappa shape index (κ1) is 13.5. The maximum atomic E-state index is 6.14. The molecule has 2 saturated heterocycles. The van der Waals surface area contributed by atoms with Crippen LogP contribution < -0.4 is 4.90 Å². The molecule has 0 radical (unpaired) electrons. The summed E-state index contributed by atoms with van der Waals surface area (Å²) in [4.78, 5) is 10.8. The van der Waals surface area contributed by atoms with E-state index in [0.29, 0.717) is 6.10 Å². The summed E-state index contributed by atoms with van der Waals surface area (Å²) in [6, 6.07) is 0. The van der Waals surface area contributed by atoms with Gasteiger partial charge in [-0.25, -0.2) is 4.98 Å². The largest absolute Gasteiger partial charge is 0.375 e. The van der Waals surface area contributed by atoms with Crippen molar-refractivity contribution in [1.29, 1.82) is 0 Å². The Morgan fingerprint density at radius 3 is 2.86 bits per heavy atom. The molecule has 114 valence electrons. The highest BCUT2D eigenvalue weighted by atomic mass is 16.6. The van der Waals surface area contributed by atoms with E-state index in [1.807, 2.05) is 6.20 Å². The predicted octanol–water partition coefficient (Wildman–Crippen LogP) is 2.03. The average Bonchev–Trinajstić information content (AvgIpc) is 3.29. The second-order valence-electron chi connectivity index (χ2n) is 6.65. The zero-order valence-electron chi connectivity index (χ0n) is 12.4. The summed E-state index contributed by atoms with van der Waals surface area (Å²) >= 11 is 0. The van der Waals surface area contributed by atoms with Gasteiger partial charge < -0.3 is 14.4 Å². The van der Waals surface area contributed by atoms with Gasteiger partial charge in [-0.05, 0) is 31.6 Å². The van der Waals surface area contributed by atoms with Crippen LogP contribution in [-0.4, -0.2) is 48.0 Å². The topological polar surface area (TPSA) is 47.5 Å². The molecule has 3 fully saturated rings. The van der Waals surface area contributed by atoms with Crippen LogP contribution in [0.4, 0.5) is 5.82 Å². The number of anilines is 1. The van der Waals surface area contributed by atoms with Crippen molar-refractivity contribution in [3.05, 3.63) is 18.6 Å². The highest BCUT2D eigenvalue weighted by Gasteiger charge is 2.43. The molecule has 0 aromatic carbocycles. The molecular formula is C16H23N3O2. The molecule has 4 rings (SSSR count). The minimum Gasteiger partial charge on any atom is -0.375 e. The van der Waals surface area contributed by atoms with Crippen LogP contribution in [0.15, 0.2) is 18.6 Å². The van der Waals surface area contributed by atoms with Crippen molar-refractivity contribution in [2.75, 3.05) is 31.2 Å². The van der Waals surface area contributed by atoms with Gasteiger partial charge in [-0.15, -0.1) is 0 Å². The molecule has 1 unspecified atom stereocenters. The van der Waals surface area contributed by atoms with E-state index in [1.165, 1.54) is 12.8 Å². The minimum absolute atomic E-state index is 0.0485. The second-order valence-corrected chi connectivity index (χ2v) is 6.65. The zero-order valence-corrected chi connectivity index (χ0v) is 12.4. The van der Waals surface area contributed by atoms with Gasteiger partial charge in [-0.2, -0.15) is 0 Å². The molecule has 5 heteroatoms. The molecule has 1 aromatic rings. The molecule has 1 aromatic heterocycles. The number of piperidine rings is 1. The van der Waals surface area contributed by atoms with Crippen molar-refractivity contribution >= 4 is 5.82 Å². The molecule has 3 heterocycles. The molecule has 0 bridgehead atoms. The Labute approximate surface area is 125 Å². The molecule has 1 aliphatic carbocycles. The lowest BCUT2D eigenvalue weighted by Gasteiger charge is -2.39. The van der Waals surface area contributed by atoms with Gasteiger partial charge in [0.15, 0.2) is 0 Å². The smallest absolute Gasteiger partial charge is 0.147 e. The summed E-state index contributed by atoms with van der Waals surface area (Å²) in [6.07, 6.45) is 11.5. The van der Waals surface area contributed by atoms with E-state index in [-0.39, 0.29) is 5.60 Å². The van der Waals surface area contributed by atoms with Crippen molar-refractivity contribution < 1.29 is 9.47 Å². The standard InChI is InChI=1S/C16H23N3O2/c1-2-13(1)11-20-14-9-16(21-12-14)3-7-19(8-4-16)15-10-17-5-6-18-15/h5-6,10,13-14H,1-4,7-9,11-12H2. The molecule has 3 aliphatic rings. The Balaban J connectivity index is 1.30. The Hall–Kier alpha value is -1.20. The third-order valence-electron chi connectivity index (χ3n) is 4.99. The Bertz CT molecular complexity index is 470. The van der Waals surface area contributed by atoms with Gasteiger partial charge in [-0.3, -0.25) is 4.98 Å². The van der Waals surface area contributed by atoms with E-state index < -0.39 is 0 Å². The number of ether oxygens (including phenoxy) is 2. The fraction of sp³-hybridized carbons (Fsp3) is 0.750. The SMILES string of the molecule is c1cnc(N2CCC3(CC2)CC(OCC2CC2)CO3)cn1. The molecule has 1 spiro atoms. The highest BCUT2D eigenvalue weighted by molar-refractivity contribution is 5.36. The van der Waals surface area contributed by atoms with E-state index in [1.54, 1.807) is 12.4 Å². The van der Waals surface area contributed by atoms with Gasteiger partial charge >= 0.3 is 0 Å². The van der Waals surface area contributed by atoms with Crippen molar-refractivity contribution in [3.63, 3.8) is 0 Å². The van der Waals surface area contributed by atoms with Crippen LogP contribution in [0.3, 0.4) is 0 Å². The van der Waals surface area contributed by atoms with Crippen LogP contribution in [-0.2, 0) is 9.47 Å². The first-order valence-corrected chi connectivity index (χ1v) is 8.10. The summed E-state index contributed by atoms with van der Waals surface area (Å²) < 4.78 is 12.1. The number of nitrogens with zero attached hydrogens (tertiary/aromatic N) is 3. The van der Waals surface area contributed by atoms with Crippen LogP contribution in [0.1, 0.15) is 32.1 Å². The summed E-state index contributed by atoms with van der Waals surface area (Å²) in [7, 11) is 0. The summed E-state index contributed by atoms with van der Waals surface area (Å²) in [5.41, 5.74) is 0.0485. The van der Waals surface area contributed by atoms with Gasteiger partial charge in [-0.1, -0.05) is 0 Å². The van der Waals surface area contributed by atoms with E-state index in [4.69, 9.17) is 9.47 Å². The molecule has 0 amide bonds. The number of rotatable bonds is 4. The van der Waals surface area contributed by atoms with E-state index in [0.717, 1.165) is 57.3 Å². The first-order chi connectivity index (χ1) is 10.3. The summed E-state index contributed by atoms with van der Waals surface area (Å²) in [6.45, 7) is 3.70. The van der Waals surface area contributed by atoms with Crippen LogP contribution in [0.25, 0.3) is 0 Å². The molecular weight excluding hydrogens is 266 g/mol. The van der Waals surface area contributed by atoms with Crippen molar-refractivity contribution in [1.82, 2.24) is 9.97 Å². The minimum atomic E-state index is 0.0485. The molecule has 2 aliphatic heterocycles. The second kappa shape index (κ2) is 5.54. The lowest BCUT2D eigenvalue weighted by Crippen LogP contribution is -2.44. The molecule has 21 heavy (non-hydrogen) atoms. The normalized spacial score (nSPS) is 28.2. The van der Waals surface area contributed by atoms with Gasteiger partial charge in [0.2, 0.25) is 0 Å². The van der Waals surface area contributed by atoms with Gasteiger partial charge in [0.1, 0.15) is 5.82 Å². The predicted molar refractivity (Wildman–Crippen MR) is 79.2 cm³/mol. The van der Waals surface area contributed by atoms with Gasteiger partial charge in [0, 0.05) is 38.5 Å². The average molecular weight is 289 g/mol. The van der Waals surface area contributed by atoms with Gasteiger partial charge in [0.25, 0.3) is 0 Å². The van der Waals surface area contributed by atoms with Crippen molar-refractivity contribution in [2.24, 2.45) is 5.92 Å². The van der Waals surface area contributed by atoms with Crippen LogP contribution >= 0.6 is 0 Å². The third-order valence-corrected chi connectivity index (χ3v) is 4.99. The van der Waals surface area contributed by atoms with Crippen LogP contribution in [0.2, 0.25) is 0 Å². The first-order valence-electron chi connectivity index (χ1n) is 8.10. The third kappa shape index (κ3) is 3.04. The molecule has 1 atom stereocenters. The van der Waals surface area contributed by atoms with E-state index in [9.17, 15) is 0 Å². The molecule has 1 saturated carbocycles. The monoisotopic (exact) mass is 289 g/mol. The molecule has 5 nitrogen and oxygen atoms in total. The zero-order chi connectivity index (χ0) is 14.1. The fourth-order valence-electron chi connectivity index (χ4n) is 3.41. The summed E-state index contributed by atoms with van der Waals surface area (Å²) in [5, 5.41) is 0. The quantitative estimate of drug-likeness (QED) is 0.849. The number of aromatic nitrogens is 2. The maximum Gasteiger partial charge on any atom is 0.147 e. The lowest BCUT2D eigenvalue weighted by molar-refractivity contribution is -0.0199. The van der Waals surface area contributed by atoms with Crippen molar-refractivity contribution in [3.8, 4) is 0 Å². The lowest BCUT2D eigenvalue weighted by atomic mass is 9.88. The van der Waals surface area contributed by atoms with E-state index in [2.05, 4.69) is 14.9 Å². The Kier molecular flexibility index (Phi) is 3.55. The fourth-order valence-corrected chi connectivity index (χ4v) is 3.41. The van der Waals surface area contributed by atoms with Crippen molar-refractivity contribution in [2.45, 2.75) is 43.8 Å². The van der Waals surface area contributed by atoms with E-state index >= 15 is 0 Å². The Morgan fingerprint density at radius 1 is 1.29 bits per heavy atom. The molecule has 0 N–H and O–H groups in total. The van der Waals surface area contributed by atoms with Crippen LogP contribution in [0, 0.1) is 5.92 Å². The maximum absolute atomic E-state index is 6.14. The Morgan fingerprint density at radius 2 is 2.14 bits per heavy atom. The number of hydrogen-bond donors (Lipinski definition) is 0. The summed E-state index contributed by atoms with van der Waals surface area (Å²) in [5.74, 6) is 1.81. The highest BCUT2D eigenvalue weighted by Crippen LogP contribution is 2.38. The van der Waals surface area contributed by atoms with Crippen LogP contribution in [0.5, 0.6) is 0 Å². The van der Waals surface area contributed by atoms with Gasteiger partial charge in [0.05, 0.1) is 24.5 Å².